The molecule has 0 heterocycles. The maximum absolute atomic E-state index is 12.2. The van der Waals surface area contributed by atoms with Crippen LogP contribution in [0.4, 0.5) is 0 Å². The molecule has 1 aliphatic carbocycles. The Balaban J connectivity index is 2.64. The lowest BCUT2D eigenvalue weighted by Crippen LogP contribution is -2.39. The molecule has 0 unspecified atom stereocenters. The van der Waals surface area contributed by atoms with Crippen molar-refractivity contribution in [3.8, 4) is 0 Å². The van der Waals surface area contributed by atoms with E-state index in [2.05, 4.69) is 20.8 Å². The van der Waals surface area contributed by atoms with Crippen molar-refractivity contribution in [1.82, 2.24) is 0 Å². The minimum atomic E-state index is -0.299. The molecular formula is C13H22O3. The smallest absolute Gasteiger partial charge is 0.302 e. The second-order valence-corrected chi connectivity index (χ2v) is 5.22. The maximum atomic E-state index is 12.2. The monoisotopic (exact) mass is 226 g/mol. The molecule has 0 aromatic carbocycles. The molecule has 92 valence electrons. The summed E-state index contributed by atoms with van der Waals surface area (Å²) in [6, 6.07) is 0. The Kier molecular flexibility index (Phi) is 4.51. The number of carbonyl (C=O) groups is 2. The van der Waals surface area contributed by atoms with Crippen LogP contribution in [-0.2, 0) is 14.3 Å². The van der Waals surface area contributed by atoms with Gasteiger partial charge >= 0.3 is 5.97 Å². The van der Waals surface area contributed by atoms with Gasteiger partial charge in [-0.05, 0) is 24.7 Å². The minimum absolute atomic E-state index is 0.0925. The van der Waals surface area contributed by atoms with E-state index in [0.717, 1.165) is 12.8 Å². The molecule has 3 heteroatoms. The Labute approximate surface area is 97.5 Å². The van der Waals surface area contributed by atoms with E-state index in [4.69, 9.17) is 4.74 Å². The minimum Gasteiger partial charge on any atom is -0.465 e. The van der Waals surface area contributed by atoms with E-state index in [1.807, 2.05) is 0 Å². The highest BCUT2D eigenvalue weighted by Gasteiger charge is 2.37. The average Bonchev–Trinajstić information content (AvgIpc) is 2.16. The topological polar surface area (TPSA) is 43.4 Å². The molecule has 3 nitrogen and oxygen atoms in total. The number of ketones is 1. The number of carbonyl (C=O) groups excluding carboxylic acids is 2. The fourth-order valence-corrected chi connectivity index (χ4v) is 2.46. The largest absolute Gasteiger partial charge is 0.465 e. The molecule has 3 atom stereocenters. The first-order valence-electron chi connectivity index (χ1n) is 6.10. The summed E-state index contributed by atoms with van der Waals surface area (Å²) in [7, 11) is 0. The molecular weight excluding hydrogens is 204 g/mol. The highest BCUT2D eigenvalue weighted by molar-refractivity contribution is 5.85. The third-order valence-electron chi connectivity index (χ3n) is 3.62. The maximum Gasteiger partial charge on any atom is 0.302 e. The number of rotatable bonds is 3. The SMILES string of the molecule is CC(=O)OC[C@@H]1C(=O)[C@H](C(C)C)CC[C@@H]1C. The Hall–Kier alpha value is -0.860. The zero-order chi connectivity index (χ0) is 12.3. The predicted molar refractivity (Wildman–Crippen MR) is 61.9 cm³/mol. The molecule has 0 aromatic heterocycles. The van der Waals surface area contributed by atoms with Crippen LogP contribution in [-0.4, -0.2) is 18.4 Å². The van der Waals surface area contributed by atoms with Gasteiger partial charge in [0, 0.05) is 12.8 Å². The molecule has 0 saturated heterocycles. The zero-order valence-electron chi connectivity index (χ0n) is 10.7. The standard InChI is InChI=1S/C13H22O3/c1-8(2)11-6-5-9(3)12(13(11)15)7-16-10(4)14/h8-9,11-12H,5-7H2,1-4H3/t9-,11-,12-/m0/s1. The number of hydrogen-bond donors (Lipinski definition) is 0. The molecule has 0 radical (unpaired) electrons. The van der Waals surface area contributed by atoms with E-state index in [-0.39, 0.29) is 30.2 Å². The van der Waals surface area contributed by atoms with Crippen LogP contribution in [0.2, 0.25) is 0 Å². The van der Waals surface area contributed by atoms with Crippen molar-refractivity contribution in [1.29, 1.82) is 0 Å². The first-order chi connectivity index (χ1) is 7.43. The van der Waals surface area contributed by atoms with Gasteiger partial charge in [-0.15, -0.1) is 0 Å². The van der Waals surface area contributed by atoms with Crippen LogP contribution in [0.25, 0.3) is 0 Å². The van der Waals surface area contributed by atoms with Gasteiger partial charge < -0.3 is 4.74 Å². The summed E-state index contributed by atoms with van der Waals surface area (Å²) < 4.78 is 4.99. The molecule has 1 saturated carbocycles. The molecule has 1 fully saturated rings. The van der Waals surface area contributed by atoms with Gasteiger partial charge in [0.1, 0.15) is 12.4 Å². The van der Waals surface area contributed by atoms with Crippen molar-refractivity contribution in [3.05, 3.63) is 0 Å². The highest BCUT2D eigenvalue weighted by Crippen LogP contribution is 2.34. The van der Waals surface area contributed by atoms with Crippen LogP contribution < -0.4 is 0 Å². The molecule has 0 amide bonds. The summed E-state index contributed by atoms with van der Waals surface area (Å²) in [4.78, 5) is 23.0. The lowest BCUT2D eigenvalue weighted by molar-refractivity contribution is -0.147. The summed E-state index contributed by atoms with van der Waals surface area (Å²) in [6.07, 6.45) is 2.04. The van der Waals surface area contributed by atoms with Gasteiger partial charge in [-0.2, -0.15) is 0 Å². The number of ether oxygens (including phenoxy) is 1. The summed E-state index contributed by atoms with van der Waals surface area (Å²) >= 11 is 0. The first-order valence-corrected chi connectivity index (χ1v) is 6.10. The molecule has 16 heavy (non-hydrogen) atoms. The molecule has 0 aliphatic heterocycles. The molecule has 1 aliphatic rings. The number of esters is 1. The van der Waals surface area contributed by atoms with E-state index in [1.54, 1.807) is 0 Å². The summed E-state index contributed by atoms with van der Waals surface area (Å²) in [6.45, 7) is 7.89. The van der Waals surface area contributed by atoms with Gasteiger partial charge in [-0.25, -0.2) is 0 Å². The summed E-state index contributed by atoms with van der Waals surface area (Å²) in [5.41, 5.74) is 0. The molecule has 0 bridgehead atoms. The Bertz CT molecular complexity index is 270. The fourth-order valence-electron chi connectivity index (χ4n) is 2.46. The quantitative estimate of drug-likeness (QED) is 0.694. The van der Waals surface area contributed by atoms with Gasteiger partial charge in [-0.3, -0.25) is 9.59 Å². The second kappa shape index (κ2) is 5.46. The van der Waals surface area contributed by atoms with Crippen LogP contribution in [0.5, 0.6) is 0 Å². The van der Waals surface area contributed by atoms with Crippen molar-refractivity contribution in [2.45, 2.75) is 40.5 Å². The normalized spacial score (nSPS) is 30.6. The van der Waals surface area contributed by atoms with Crippen molar-refractivity contribution in [2.24, 2.45) is 23.7 Å². The number of hydrogen-bond acceptors (Lipinski definition) is 3. The summed E-state index contributed by atoms with van der Waals surface area (Å²) in [5, 5.41) is 0. The third-order valence-corrected chi connectivity index (χ3v) is 3.62. The van der Waals surface area contributed by atoms with E-state index in [9.17, 15) is 9.59 Å². The molecule has 1 rings (SSSR count). The van der Waals surface area contributed by atoms with Crippen molar-refractivity contribution < 1.29 is 14.3 Å². The van der Waals surface area contributed by atoms with Crippen molar-refractivity contribution in [2.75, 3.05) is 6.61 Å². The average molecular weight is 226 g/mol. The van der Waals surface area contributed by atoms with Gasteiger partial charge in [0.25, 0.3) is 0 Å². The van der Waals surface area contributed by atoms with Crippen molar-refractivity contribution in [3.63, 3.8) is 0 Å². The third kappa shape index (κ3) is 3.06. The van der Waals surface area contributed by atoms with Crippen LogP contribution in [0.15, 0.2) is 0 Å². The predicted octanol–water partition coefficient (Wildman–Crippen LogP) is 2.44. The first kappa shape index (κ1) is 13.2. The Morgan fingerprint density at radius 2 is 2.06 bits per heavy atom. The Morgan fingerprint density at radius 1 is 1.44 bits per heavy atom. The number of Topliss-reactive ketones (excluding diaryl/α,β-unsaturated/α-hetero) is 1. The van der Waals surface area contributed by atoms with Crippen LogP contribution >= 0.6 is 0 Å². The van der Waals surface area contributed by atoms with Gasteiger partial charge in [0.2, 0.25) is 0 Å². The Morgan fingerprint density at radius 3 is 2.56 bits per heavy atom. The van der Waals surface area contributed by atoms with Crippen molar-refractivity contribution >= 4 is 11.8 Å². The van der Waals surface area contributed by atoms with Gasteiger partial charge in [0.05, 0.1) is 5.92 Å². The lowest BCUT2D eigenvalue weighted by Gasteiger charge is -2.34. The molecule has 0 N–H and O–H groups in total. The lowest BCUT2D eigenvalue weighted by atomic mass is 9.70. The van der Waals surface area contributed by atoms with Crippen LogP contribution in [0.3, 0.4) is 0 Å². The fraction of sp³-hybridized carbons (Fsp3) is 0.846. The van der Waals surface area contributed by atoms with E-state index in [1.165, 1.54) is 6.92 Å². The van der Waals surface area contributed by atoms with E-state index in [0.29, 0.717) is 11.8 Å². The molecule has 0 spiro atoms. The van der Waals surface area contributed by atoms with Crippen LogP contribution in [0.1, 0.15) is 40.5 Å². The van der Waals surface area contributed by atoms with Gasteiger partial charge in [0.15, 0.2) is 0 Å². The van der Waals surface area contributed by atoms with Crippen LogP contribution in [0, 0.1) is 23.7 Å². The zero-order valence-corrected chi connectivity index (χ0v) is 10.7. The summed E-state index contributed by atoms with van der Waals surface area (Å²) in [5.74, 6) is 0.769. The highest BCUT2D eigenvalue weighted by atomic mass is 16.5. The second-order valence-electron chi connectivity index (χ2n) is 5.22. The van der Waals surface area contributed by atoms with E-state index < -0.39 is 0 Å². The van der Waals surface area contributed by atoms with E-state index >= 15 is 0 Å². The van der Waals surface area contributed by atoms with Gasteiger partial charge in [-0.1, -0.05) is 20.8 Å². The molecule has 0 aromatic rings.